The molecule has 2 aliphatic rings. The Hall–Kier alpha value is -0.430. The first kappa shape index (κ1) is 16.4. The van der Waals surface area contributed by atoms with Crippen LogP contribution in [0.4, 0.5) is 0 Å². The number of rotatable bonds is 3. The van der Waals surface area contributed by atoms with E-state index in [1.807, 2.05) is 13.0 Å². The molecule has 3 atom stereocenters. The van der Waals surface area contributed by atoms with Crippen molar-refractivity contribution in [3.05, 3.63) is 17.0 Å². The van der Waals surface area contributed by atoms with Crippen molar-refractivity contribution >= 4 is 21.4 Å². The van der Waals surface area contributed by atoms with Gasteiger partial charge in [0.05, 0.1) is 0 Å². The van der Waals surface area contributed by atoms with Crippen molar-refractivity contribution in [2.45, 2.75) is 68.8 Å². The largest absolute Gasteiger partial charge is 0.294 e. The van der Waals surface area contributed by atoms with E-state index in [0.717, 1.165) is 17.7 Å². The maximum Gasteiger partial charge on any atom is 0.252 e. The molecule has 1 aromatic heterocycles. The van der Waals surface area contributed by atoms with Gasteiger partial charge in [0.15, 0.2) is 0 Å². The highest BCUT2D eigenvalue weighted by Gasteiger charge is 2.38. The summed E-state index contributed by atoms with van der Waals surface area (Å²) >= 11 is 1.38. The van der Waals surface area contributed by atoms with Gasteiger partial charge in [0, 0.05) is 36.1 Å². The molecule has 3 heterocycles. The van der Waals surface area contributed by atoms with E-state index in [9.17, 15) is 8.42 Å². The third kappa shape index (κ3) is 2.98. The molecule has 2 fully saturated rings. The van der Waals surface area contributed by atoms with Gasteiger partial charge < -0.3 is 0 Å². The van der Waals surface area contributed by atoms with Crippen LogP contribution < -0.4 is 0 Å². The van der Waals surface area contributed by atoms with Crippen molar-refractivity contribution in [1.82, 2.24) is 9.21 Å². The highest BCUT2D eigenvalue weighted by molar-refractivity contribution is 7.91. The lowest BCUT2D eigenvalue weighted by Gasteiger charge is -2.40. The van der Waals surface area contributed by atoms with E-state index in [1.54, 1.807) is 10.4 Å². The number of thiophene rings is 1. The molecule has 0 N–H and O–H groups in total. The van der Waals surface area contributed by atoms with Crippen molar-refractivity contribution in [1.29, 1.82) is 0 Å². The molecule has 0 saturated carbocycles. The fourth-order valence-electron chi connectivity index (χ4n) is 4.00. The van der Waals surface area contributed by atoms with Crippen molar-refractivity contribution in [2.24, 2.45) is 0 Å². The lowest BCUT2D eigenvalue weighted by molar-refractivity contribution is 0.0980. The van der Waals surface area contributed by atoms with Crippen LogP contribution in [0.25, 0.3) is 0 Å². The fourth-order valence-corrected chi connectivity index (χ4v) is 6.95. The smallest absolute Gasteiger partial charge is 0.252 e. The molecule has 22 heavy (non-hydrogen) atoms. The Labute approximate surface area is 138 Å². The van der Waals surface area contributed by atoms with Gasteiger partial charge in [-0.2, -0.15) is 4.31 Å². The Balaban J connectivity index is 1.78. The van der Waals surface area contributed by atoms with Crippen LogP contribution in [0.15, 0.2) is 16.3 Å². The van der Waals surface area contributed by atoms with E-state index in [-0.39, 0.29) is 0 Å². The minimum Gasteiger partial charge on any atom is -0.294 e. The van der Waals surface area contributed by atoms with Gasteiger partial charge >= 0.3 is 0 Å². The molecule has 0 aliphatic carbocycles. The molecule has 6 heteroatoms. The quantitative estimate of drug-likeness (QED) is 0.847. The average Bonchev–Trinajstić information content (AvgIpc) is 3.06. The van der Waals surface area contributed by atoms with Gasteiger partial charge in [-0.1, -0.05) is 0 Å². The number of hydrogen-bond acceptors (Lipinski definition) is 4. The molecular formula is C16H26N2O2S2. The van der Waals surface area contributed by atoms with Gasteiger partial charge in [-0.15, -0.1) is 11.3 Å². The lowest BCUT2D eigenvalue weighted by Crippen LogP contribution is -2.52. The van der Waals surface area contributed by atoms with Gasteiger partial charge in [0.1, 0.15) is 4.21 Å². The minimum atomic E-state index is -3.31. The fraction of sp³-hybridized carbons (Fsp3) is 0.750. The zero-order valence-electron chi connectivity index (χ0n) is 13.7. The minimum absolute atomic E-state index is 0.372. The lowest BCUT2D eigenvalue weighted by atomic mass is 10.0. The second-order valence-electron chi connectivity index (χ2n) is 6.75. The van der Waals surface area contributed by atoms with E-state index < -0.39 is 10.0 Å². The number of piperidine rings is 1. The number of likely N-dealkylation sites (tertiary alicyclic amines) is 1. The second kappa shape index (κ2) is 6.23. The van der Waals surface area contributed by atoms with Crippen LogP contribution in [0, 0.1) is 6.92 Å². The molecule has 0 aromatic carbocycles. The Bertz CT molecular complexity index is 616. The van der Waals surface area contributed by atoms with E-state index in [4.69, 9.17) is 0 Å². The molecular weight excluding hydrogens is 316 g/mol. The summed E-state index contributed by atoms with van der Waals surface area (Å²) in [6.45, 7) is 7.82. The molecule has 0 radical (unpaired) electrons. The molecule has 2 saturated heterocycles. The summed E-state index contributed by atoms with van der Waals surface area (Å²) in [5.41, 5.74) is 0. The summed E-state index contributed by atoms with van der Waals surface area (Å²) in [4.78, 5) is 3.61. The molecule has 0 bridgehead atoms. The highest BCUT2D eigenvalue weighted by atomic mass is 32.2. The predicted octanol–water partition coefficient (Wildman–Crippen LogP) is 3.08. The van der Waals surface area contributed by atoms with Crippen LogP contribution in [0.2, 0.25) is 0 Å². The summed E-state index contributed by atoms with van der Waals surface area (Å²) in [5.74, 6) is 0. The summed E-state index contributed by atoms with van der Waals surface area (Å²) in [6, 6.07) is 5.17. The van der Waals surface area contributed by atoms with Crippen LogP contribution >= 0.6 is 11.3 Å². The Morgan fingerprint density at radius 1 is 1.14 bits per heavy atom. The van der Waals surface area contributed by atoms with E-state index in [0.29, 0.717) is 35.4 Å². The third-order valence-corrected chi connectivity index (χ3v) is 8.44. The monoisotopic (exact) mass is 342 g/mol. The molecule has 1 aromatic rings. The van der Waals surface area contributed by atoms with E-state index in [1.165, 1.54) is 24.2 Å². The molecule has 0 amide bonds. The Kier molecular flexibility index (Phi) is 4.65. The van der Waals surface area contributed by atoms with Crippen molar-refractivity contribution < 1.29 is 8.42 Å². The molecule has 124 valence electrons. The summed E-state index contributed by atoms with van der Waals surface area (Å²) in [6.07, 6.45) is 4.54. The van der Waals surface area contributed by atoms with Crippen molar-refractivity contribution in [3.8, 4) is 0 Å². The van der Waals surface area contributed by atoms with Crippen LogP contribution in [0.1, 0.15) is 44.4 Å². The maximum absolute atomic E-state index is 12.8. The molecule has 4 nitrogen and oxygen atoms in total. The van der Waals surface area contributed by atoms with Gasteiger partial charge in [0.2, 0.25) is 0 Å². The van der Waals surface area contributed by atoms with Gasteiger partial charge in [-0.25, -0.2) is 8.42 Å². The number of aryl methyl sites for hydroxylation is 1. The maximum atomic E-state index is 12.8. The zero-order valence-corrected chi connectivity index (χ0v) is 15.3. The summed E-state index contributed by atoms with van der Waals surface area (Å²) in [7, 11) is -3.31. The predicted molar refractivity (Wildman–Crippen MR) is 90.8 cm³/mol. The summed E-state index contributed by atoms with van der Waals surface area (Å²) < 4.78 is 27.9. The highest BCUT2D eigenvalue weighted by Crippen LogP contribution is 2.32. The Morgan fingerprint density at radius 3 is 2.41 bits per heavy atom. The number of nitrogens with zero attached hydrogens (tertiary/aromatic N) is 2. The van der Waals surface area contributed by atoms with E-state index in [2.05, 4.69) is 18.7 Å². The van der Waals surface area contributed by atoms with Crippen LogP contribution in [0.5, 0.6) is 0 Å². The summed E-state index contributed by atoms with van der Waals surface area (Å²) in [5, 5.41) is 0. The topological polar surface area (TPSA) is 40.6 Å². The van der Waals surface area contributed by atoms with E-state index >= 15 is 0 Å². The SMILES string of the molecule is Cc1ccc(S(=O)(=O)N2CCC[C@H](N3[C@@H](C)CC[C@@H]3C)C2)s1. The van der Waals surface area contributed by atoms with Gasteiger partial charge in [0.25, 0.3) is 10.0 Å². The number of hydrogen-bond donors (Lipinski definition) is 0. The molecule has 0 spiro atoms. The van der Waals surface area contributed by atoms with Crippen LogP contribution in [-0.4, -0.2) is 48.8 Å². The second-order valence-corrected chi connectivity index (χ2v) is 10.2. The van der Waals surface area contributed by atoms with Crippen molar-refractivity contribution in [2.75, 3.05) is 13.1 Å². The molecule has 2 aliphatic heterocycles. The van der Waals surface area contributed by atoms with Crippen LogP contribution in [-0.2, 0) is 10.0 Å². The van der Waals surface area contributed by atoms with Crippen molar-refractivity contribution in [3.63, 3.8) is 0 Å². The average molecular weight is 343 g/mol. The van der Waals surface area contributed by atoms with Gasteiger partial charge in [-0.05, 0) is 58.6 Å². The standard InChI is InChI=1S/C16H26N2O2S2/c1-12-6-7-13(2)18(12)15-5-4-10-17(11-15)22(19,20)16-9-8-14(3)21-16/h8-9,12-13,15H,4-7,10-11H2,1-3H3/t12-,13-,15-/m0/s1. The van der Waals surface area contributed by atoms with Crippen LogP contribution in [0.3, 0.4) is 0 Å². The molecule has 0 unspecified atom stereocenters. The van der Waals surface area contributed by atoms with Gasteiger partial charge in [-0.3, -0.25) is 4.90 Å². The third-order valence-electron chi connectivity index (χ3n) is 5.11. The first-order chi connectivity index (χ1) is 10.4. The number of sulfonamides is 1. The first-order valence-corrected chi connectivity index (χ1v) is 10.5. The normalized spacial score (nSPS) is 31.7. The molecule has 3 rings (SSSR count). The zero-order chi connectivity index (χ0) is 15.9. The Morgan fingerprint density at radius 2 is 1.82 bits per heavy atom. The first-order valence-electron chi connectivity index (χ1n) is 8.23.